The van der Waals surface area contributed by atoms with Crippen LogP contribution < -0.4 is 5.50 Å². The summed E-state index contributed by atoms with van der Waals surface area (Å²) in [5, 5.41) is 0. The van der Waals surface area contributed by atoms with Crippen LogP contribution in [0.1, 0.15) is 36.8 Å². The second kappa shape index (κ2) is 13.7. The molecule has 0 bridgehead atoms. The van der Waals surface area contributed by atoms with Crippen molar-refractivity contribution in [3.8, 4) is 0 Å². The van der Waals surface area contributed by atoms with Gasteiger partial charge >= 0.3 is 19.7 Å². The molecule has 0 aliphatic rings. The first-order chi connectivity index (χ1) is 14.9. The Kier molecular flexibility index (Phi) is 11.0. The van der Waals surface area contributed by atoms with Gasteiger partial charge in [-0.15, -0.1) is 5.50 Å². The van der Waals surface area contributed by atoms with Gasteiger partial charge in [-0.25, -0.2) is 4.57 Å². The highest BCUT2D eigenvalue weighted by molar-refractivity contribution is 7.50. The Morgan fingerprint density at radius 3 is 1.48 bits per heavy atom. The van der Waals surface area contributed by atoms with E-state index >= 15 is 0 Å². The number of hydrogen-bond donors (Lipinski definition) is 0. The highest BCUT2D eigenvalue weighted by Gasteiger charge is 2.21. The van der Waals surface area contributed by atoms with Crippen LogP contribution in [0.15, 0.2) is 60.7 Å². The number of aryl methyl sites for hydroxylation is 2. The van der Waals surface area contributed by atoms with Crippen molar-refractivity contribution < 1.29 is 32.7 Å². The van der Waals surface area contributed by atoms with Crippen molar-refractivity contribution in [2.75, 3.05) is 13.6 Å². The van der Waals surface area contributed by atoms with Crippen LogP contribution in [-0.4, -0.2) is 25.5 Å². The van der Waals surface area contributed by atoms with Gasteiger partial charge in [0.2, 0.25) is 13.6 Å². The molecule has 0 aliphatic heterocycles. The van der Waals surface area contributed by atoms with E-state index in [-0.39, 0.29) is 12.8 Å². The quantitative estimate of drug-likeness (QED) is 0.238. The first kappa shape index (κ1) is 24.8. The Morgan fingerprint density at radius 2 is 1.10 bits per heavy atom. The van der Waals surface area contributed by atoms with Gasteiger partial charge in [-0.05, 0) is 36.8 Å². The first-order valence-electron chi connectivity index (χ1n) is 9.98. The van der Waals surface area contributed by atoms with E-state index in [0.717, 1.165) is 24.0 Å². The molecule has 2 aromatic carbocycles. The maximum atomic E-state index is 11.8. The Balaban J connectivity index is 1.51. The summed E-state index contributed by atoms with van der Waals surface area (Å²) in [5.74, 6) is -1.05. The summed E-state index contributed by atoms with van der Waals surface area (Å²) in [6.07, 6.45) is 2.99. The minimum Gasteiger partial charge on any atom is -0.438 e. The van der Waals surface area contributed by atoms with Crippen molar-refractivity contribution in [2.24, 2.45) is 0 Å². The zero-order valence-electron chi connectivity index (χ0n) is 17.2. The largest absolute Gasteiger partial charge is 0.438 e. The Hall–Kier alpha value is -2.51. The van der Waals surface area contributed by atoms with E-state index in [1.165, 1.54) is 0 Å². The second-order valence-electron chi connectivity index (χ2n) is 6.70. The van der Waals surface area contributed by atoms with E-state index in [9.17, 15) is 14.2 Å². The fourth-order valence-corrected chi connectivity index (χ4v) is 3.13. The number of rotatable bonds is 14. The van der Waals surface area contributed by atoms with Crippen molar-refractivity contribution in [3.05, 3.63) is 71.8 Å². The lowest BCUT2D eigenvalue weighted by Gasteiger charge is -2.13. The molecule has 2 rings (SSSR count). The van der Waals surface area contributed by atoms with Crippen molar-refractivity contribution in [1.29, 1.82) is 0 Å². The molecule has 167 valence electrons. The van der Waals surface area contributed by atoms with Crippen LogP contribution in [0.2, 0.25) is 0 Å². The number of carbonyl (C=O) groups excluding carboxylic acids is 2. The molecule has 0 saturated heterocycles. The number of carbonyl (C=O) groups is 2. The summed E-state index contributed by atoms with van der Waals surface area (Å²) in [6, 6.07) is 19.4. The highest BCUT2D eigenvalue weighted by atomic mass is 31.2. The predicted octanol–water partition coefficient (Wildman–Crippen LogP) is 4.46. The van der Waals surface area contributed by atoms with Crippen LogP contribution in [0.3, 0.4) is 0 Å². The van der Waals surface area contributed by atoms with Gasteiger partial charge in [-0.2, -0.15) is 0 Å². The minimum atomic E-state index is -4.26. The molecule has 1 radical (unpaired) electrons. The fourth-order valence-electron chi connectivity index (χ4n) is 2.67. The smallest absolute Gasteiger partial charge is 0.425 e. The summed E-state index contributed by atoms with van der Waals surface area (Å²) in [4.78, 5) is 23.3. The van der Waals surface area contributed by atoms with Crippen LogP contribution in [0, 0.1) is 0 Å². The lowest BCUT2D eigenvalue weighted by Crippen LogP contribution is -2.11. The van der Waals surface area contributed by atoms with Gasteiger partial charge in [0.25, 0.3) is 0 Å². The summed E-state index contributed by atoms with van der Waals surface area (Å²) in [7, 11) is -4.26. The average molecular weight is 448 g/mol. The van der Waals surface area contributed by atoms with Crippen molar-refractivity contribution in [1.82, 2.24) is 5.50 Å². The number of benzene rings is 2. The molecule has 0 fully saturated rings. The van der Waals surface area contributed by atoms with Gasteiger partial charge in [0.1, 0.15) is 0 Å². The first-order valence-corrected chi connectivity index (χ1v) is 11.5. The van der Waals surface area contributed by atoms with E-state index in [4.69, 9.17) is 15.0 Å². The zero-order valence-corrected chi connectivity index (χ0v) is 18.1. The molecule has 2 aromatic rings. The summed E-state index contributed by atoms with van der Waals surface area (Å²) >= 11 is 0. The molecule has 0 saturated carbocycles. The second-order valence-corrected chi connectivity index (χ2v) is 8.21. The van der Waals surface area contributed by atoms with E-state index in [1.54, 1.807) is 0 Å². The van der Waals surface area contributed by atoms with Crippen LogP contribution in [0.25, 0.3) is 0 Å². The zero-order chi connectivity index (χ0) is 22.4. The molecule has 0 unspecified atom stereocenters. The lowest BCUT2D eigenvalue weighted by atomic mass is 10.1. The van der Waals surface area contributed by atoms with E-state index in [1.807, 2.05) is 60.7 Å². The monoisotopic (exact) mass is 448 g/mol. The van der Waals surface area contributed by atoms with Crippen LogP contribution in [0.4, 0.5) is 0 Å². The SMILES string of the molecule is [NH]P(=O)(OCOC(=O)CCCc1ccccc1)OCOC(=O)CCCc1ccccc1. The molecule has 0 aromatic heterocycles. The maximum Gasteiger partial charge on any atom is 0.425 e. The standard InChI is InChI=1S/C22H27NO7P/c23-31(26,29-17-27-21(24)15-7-13-19-9-3-1-4-10-19)30-18-28-22(25)16-8-14-20-11-5-2-6-12-20/h1-6,9-12,23H,7-8,13-18H2. The lowest BCUT2D eigenvalue weighted by molar-refractivity contribution is -0.152. The number of esters is 2. The summed E-state index contributed by atoms with van der Waals surface area (Å²) < 4.78 is 30.7. The van der Waals surface area contributed by atoms with Crippen molar-refractivity contribution in [2.45, 2.75) is 38.5 Å². The molecule has 0 amide bonds. The third-order valence-electron chi connectivity index (χ3n) is 4.26. The molecule has 0 heterocycles. The Bertz CT molecular complexity index is 778. The number of hydrogen-bond acceptors (Lipinski definition) is 7. The van der Waals surface area contributed by atoms with Crippen molar-refractivity contribution in [3.63, 3.8) is 0 Å². The third-order valence-corrected chi connectivity index (χ3v) is 5.15. The highest BCUT2D eigenvalue weighted by Crippen LogP contribution is 2.41. The van der Waals surface area contributed by atoms with Gasteiger partial charge < -0.3 is 9.47 Å². The molecule has 0 aliphatic carbocycles. The Labute approximate surface area is 182 Å². The molecule has 0 spiro atoms. The van der Waals surface area contributed by atoms with E-state index < -0.39 is 33.3 Å². The van der Waals surface area contributed by atoms with E-state index in [2.05, 4.69) is 9.05 Å². The number of nitrogens with one attached hydrogen (secondary N) is 1. The molecule has 8 nitrogen and oxygen atoms in total. The molecular weight excluding hydrogens is 421 g/mol. The Morgan fingerprint density at radius 1 is 0.710 bits per heavy atom. The fraction of sp³-hybridized carbons (Fsp3) is 0.364. The van der Waals surface area contributed by atoms with Gasteiger partial charge in [0.05, 0.1) is 0 Å². The van der Waals surface area contributed by atoms with Gasteiger partial charge in [-0.1, -0.05) is 60.7 Å². The van der Waals surface area contributed by atoms with E-state index in [0.29, 0.717) is 12.8 Å². The normalized spacial score (nSPS) is 11.1. The van der Waals surface area contributed by atoms with Crippen LogP contribution >= 0.6 is 7.75 Å². The van der Waals surface area contributed by atoms with Gasteiger partial charge in [0.15, 0.2) is 0 Å². The molecule has 9 heteroatoms. The number of ether oxygens (including phenoxy) is 2. The maximum absolute atomic E-state index is 11.8. The molecule has 31 heavy (non-hydrogen) atoms. The average Bonchev–Trinajstić information content (AvgIpc) is 2.75. The minimum absolute atomic E-state index is 0.169. The van der Waals surface area contributed by atoms with Gasteiger partial charge in [0, 0.05) is 12.8 Å². The third kappa shape index (κ3) is 11.5. The van der Waals surface area contributed by atoms with Gasteiger partial charge in [-0.3, -0.25) is 18.6 Å². The summed E-state index contributed by atoms with van der Waals surface area (Å²) in [6.45, 7) is -1.34. The van der Waals surface area contributed by atoms with Crippen LogP contribution in [-0.2, 0) is 45.5 Å². The van der Waals surface area contributed by atoms with Crippen LogP contribution in [0.5, 0.6) is 0 Å². The topological polar surface area (TPSA) is 112 Å². The molecule has 0 atom stereocenters. The molecular formula is C22H27NO7P. The summed E-state index contributed by atoms with van der Waals surface area (Å²) in [5.41, 5.74) is 9.68. The predicted molar refractivity (Wildman–Crippen MR) is 114 cm³/mol. The van der Waals surface area contributed by atoms with Crippen molar-refractivity contribution >= 4 is 19.7 Å². The molecule has 1 N–H and O–H groups in total.